The van der Waals surface area contributed by atoms with Crippen LogP contribution in [-0.4, -0.2) is 57.8 Å². The number of alkyl halides is 3. The molecule has 10 heteroatoms. The van der Waals surface area contributed by atoms with Crippen LogP contribution in [-0.2, 0) is 13.2 Å². The number of halogens is 3. The third-order valence-corrected chi connectivity index (χ3v) is 5.71. The lowest BCUT2D eigenvalue weighted by atomic mass is 10.0. The van der Waals surface area contributed by atoms with Crippen LogP contribution < -0.4 is 10.1 Å². The van der Waals surface area contributed by atoms with Crippen LogP contribution >= 0.6 is 0 Å². The Kier molecular flexibility index (Phi) is 6.03. The number of nitrogens with one attached hydrogen (secondary N) is 1. The normalized spacial score (nSPS) is 16.6. The summed E-state index contributed by atoms with van der Waals surface area (Å²) in [6.45, 7) is 7.31. The molecule has 3 heterocycles. The van der Waals surface area contributed by atoms with Crippen LogP contribution in [0.25, 0.3) is 22.3 Å². The molecule has 174 valence electrons. The zero-order chi connectivity index (χ0) is 23.8. The van der Waals surface area contributed by atoms with Gasteiger partial charge < -0.3 is 14.6 Å². The summed E-state index contributed by atoms with van der Waals surface area (Å²) in [6, 6.07) is 7.48. The first-order chi connectivity index (χ1) is 15.6. The van der Waals surface area contributed by atoms with E-state index in [1.807, 2.05) is 6.07 Å². The van der Waals surface area contributed by atoms with Crippen LogP contribution in [0.2, 0.25) is 0 Å². The van der Waals surface area contributed by atoms with Crippen LogP contribution in [0.3, 0.4) is 0 Å². The van der Waals surface area contributed by atoms with Crippen molar-refractivity contribution < 1.29 is 17.9 Å². The molecule has 2 aromatic heterocycles. The maximum Gasteiger partial charge on any atom is 0.419 e. The molecule has 0 bridgehead atoms. The lowest BCUT2D eigenvalue weighted by molar-refractivity contribution is -0.138. The number of aryl methyl sites for hydroxylation is 1. The van der Waals surface area contributed by atoms with Crippen molar-refractivity contribution in [3.05, 3.63) is 41.9 Å². The number of pyridine rings is 1. The van der Waals surface area contributed by atoms with Gasteiger partial charge in [-0.1, -0.05) is 0 Å². The molecule has 1 aromatic carbocycles. The predicted molar refractivity (Wildman–Crippen MR) is 118 cm³/mol. The molecule has 1 N–H and O–H groups in total. The van der Waals surface area contributed by atoms with Crippen molar-refractivity contribution in [2.24, 2.45) is 7.05 Å². The molecule has 1 fully saturated rings. The number of rotatable bonds is 5. The number of benzene rings is 1. The zero-order valence-corrected chi connectivity index (χ0v) is 18.7. The number of hydrogen-bond donors (Lipinski definition) is 1. The molecule has 4 rings (SSSR count). The second-order valence-electron chi connectivity index (χ2n) is 8.84. The Bertz CT molecular complexity index is 1210. The fourth-order valence-corrected chi connectivity index (χ4v) is 4.11. The van der Waals surface area contributed by atoms with E-state index >= 15 is 0 Å². The smallest absolute Gasteiger partial charge is 0.419 e. The van der Waals surface area contributed by atoms with Gasteiger partial charge in [-0.05, 0) is 38.1 Å². The summed E-state index contributed by atoms with van der Waals surface area (Å²) < 4.78 is 48.8. The number of nitrogens with zero attached hydrogens (tertiary/aromatic N) is 5. The Hall–Kier alpha value is -3.16. The van der Waals surface area contributed by atoms with E-state index < -0.39 is 11.7 Å². The number of piperazine rings is 1. The quantitative estimate of drug-likeness (QED) is 0.630. The Morgan fingerprint density at radius 3 is 2.76 bits per heavy atom. The van der Waals surface area contributed by atoms with E-state index in [9.17, 15) is 18.4 Å². The molecule has 0 radical (unpaired) electrons. The van der Waals surface area contributed by atoms with E-state index in [0.29, 0.717) is 17.6 Å². The molecular weight excluding hydrogens is 433 g/mol. The molecule has 0 aliphatic carbocycles. The van der Waals surface area contributed by atoms with Crippen LogP contribution in [0.5, 0.6) is 5.75 Å². The molecule has 3 aromatic rings. The molecule has 0 saturated carbocycles. The van der Waals surface area contributed by atoms with Gasteiger partial charge in [0.05, 0.1) is 23.1 Å². The summed E-state index contributed by atoms with van der Waals surface area (Å²) in [7, 11) is 1.75. The number of hydrogen-bond acceptors (Lipinski definition) is 6. The van der Waals surface area contributed by atoms with E-state index in [2.05, 4.69) is 34.0 Å². The molecule has 33 heavy (non-hydrogen) atoms. The van der Waals surface area contributed by atoms with Crippen molar-refractivity contribution in [1.82, 2.24) is 24.8 Å². The van der Waals surface area contributed by atoms with Gasteiger partial charge in [0.1, 0.15) is 23.9 Å². The van der Waals surface area contributed by atoms with Gasteiger partial charge in [-0.15, -0.1) is 0 Å². The van der Waals surface area contributed by atoms with E-state index in [4.69, 9.17) is 4.74 Å². The van der Waals surface area contributed by atoms with Gasteiger partial charge in [0, 0.05) is 44.3 Å². The Morgan fingerprint density at radius 1 is 1.27 bits per heavy atom. The van der Waals surface area contributed by atoms with Gasteiger partial charge in [-0.2, -0.15) is 18.4 Å². The topological polar surface area (TPSA) is 79.0 Å². The first-order valence-electron chi connectivity index (χ1n) is 10.6. The van der Waals surface area contributed by atoms with Crippen molar-refractivity contribution in [2.45, 2.75) is 25.6 Å². The standard InChI is InChI=1S/C23H25F3N6O/c1-22(2)13-32(7-6-29-22)8-9-33-20-5-4-15(10-16(20)23(24,25)26)17-11-19-21(18(12-27)30-17)28-14-31(19)3/h4-5,10-11,14,29H,6-9,13H2,1-3H3. The highest BCUT2D eigenvalue weighted by atomic mass is 19.4. The Labute approximate surface area is 189 Å². The maximum atomic E-state index is 13.9. The summed E-state index contributed by atoms with van der Waals surface area (Å²) >= 11 is 0. The highest BCUT2D eigenvalue weighted by Crippen LogP contribution is 2.39. The number of fused-ring (bicyclic) bond motifs is 1. The molecule has 1 aliphatic heterocycles. The van der Waals surface area contributed by atoms with E-state index in [1.165, 1.54) is 18.5 Å². The van der Waals surface area contributed by atoms with E-state index in [1.54, 1.807) is 17.7 Å². The fourth-order valence-electron chi connectivity index (χ4n) is 4.11. The third-order valence-electron chi connectivity index (χ3n) is 5.71. The van der Waals surface area contributed by atoms with Crippen molar-refractivity contribution in [2.75, 3.05) is 32.8 Å². The molecule has 7 nitrogen and oxygen atoms in total. The molecule has 0 unspecified atom stereocenters. The highest BCUT2D eigenvalue weighted by Gasteiger charge is 2.35. The Balaban J connectivity index is 1.59. The molecule has 0 spiro atoms. The van der Waals surface area contributed by atoms with Crippen molar-refractivity contribution in [1.29, 1.82) is 5.26 Å². The van der Waals surface area contributed by atoms with Gasteiger partial charge in [0.2, 0.25) is 0 Å². The van der Waals surface area contributed by atoms with Gasteiger partial charge in [-0.25, -0.2) is 9.97 Å². The zero-order valence-electron chi connectivity index (χ0n) is 18.7. The van der Waals surface area contributed by atoms with Crippen LogP contribution in [0, 0.1) is 11.3 Å². The summed E-state index contributed by atoms with van der Waals surface area (Å²) in [5.74, 6) is -0.220. The first-order valence-corrected chi connectivity index (χ1v) is 10.6. The second-order valence-corrected chi connectivity index (χ2v) is 8.84. The minimum absolute atomic E-state index is 0.0404. The molecule has 0 amide bonds. The summed E-state index contributed by atoms with van der Waals surface area (Å²) in [6.07, 6.45) is -3.06. The van der Waals surface area contributed by atoms with Crippen molar-refractivity contribution in [3.63, 3.8) is 0 Å². The van der Waals surface area contributed by atoms with Gasteiger partial charge in [0.15, 0.2) is 5.69 Å². The number of nitriles is 1. The monoisotopic (exact) mass is 458 g/mol. The van der Waals surface area contributed by atoms with Gasteiger partial charge >= 0.3 is 6.18 Å². The van der Waals surface area contributed by atoms with E-state index in [-0.39, 0.29) is 34.8 Å². The molecule has 1 saturated heterocycles. The summed E-state index contributed by atoms with van der Waals surface area (Å²) in [5, 5.41) is 12.8. The average molecular weight is 458 g/mol. The third kappa shape index (κ3) is 4.94. The number of ether oxygens (including phenoxy) is 1. The SMILES string of the molecule is Cn1cnc2c(C#N)nc(-c3ccc(OCCN4CCNC(C)(C)C4)c(C(F)(F)F)c3)cc21. The van der Waals surface area contributed by atoms with Crippen LogP contribution in [0.15, 0.2) is 30.6 Å². The second kappa shape index (κ2) is 8.65. The summed E-state index contributed by atoms with van der Waals surface area (Å²) in [5.41, 5.74) is 0.699. The van der Waals surface area contributed by atoms with Gasteiger partial charge in [0.25, 0.3) is 0 Å². The van der Waals surface area contributed by atoms with Crippen LogP contribution in [0.4, 0.5) is 13.2 Å². The van der Waals surface area contributed by atoms with Crippen molar-refractivity contribution in [3.8, 4) is 23.1 Å². The minimum Gasteiger partial charge on any atom is -0.492 e. The first kappa shape index (κ1) is 23.0. The highest BCUT2D eigenvalue weighted by molar-refractivity contribution is 5.84. The number of aromatic nitrogens is 3. The minimum atomic E-state index is -4.60. The van der Waals surface area contributed by atoms with E-state index in [0.717, 1.165) is 25.7 Å². The predicted octanol–water partition coefficient (Wildman–Crippen LogP) is 3.59. The fraction of sp³-hybridized carbons (Fsp3) is 0.435. The lowest BCUT2D eigenvalue weighted by Gasteiger charge is -2.39. The molecule has 0 atom stereocenters. The van der Waals surface area contributed by atoms with Crippen molar-refractivity contribution >= 4 is 11.0 Å². The van der Waals surface area contributed by atoms with Crippen LogP contribution in [0.1, 0.15) is 25.1 Å². The lowest BCUT2D eigenvalue weighted by Crippen LogP contribution is -2.57. The molecular formula is C23H25F3N6O. The molecule has 1 aliphatic rings. The summed E-state index contributed by atoms with van der Waals surface area (Å²) in [4.78, 5) is 10.6. The number of imidazole rings is 1. The van der Waals surface area contributed by atoms with Gasteiger partial charge in [-0.3, -0.25) is 4.90 Å². The maximum absolute atomic E-state index is 13.9. The average Bonchev–Trinajstić information content (AvgIpc) is 3.13. The largest absolute Gasteiger partial charge is 0.492 e. The Morgan fingerprint density at radius 2 is 2.06 bits per heavy atom.